The zero-order valence-corrected chi connectivity index (χ0v) is 14.5. The van der Waals surface area contributed by atoms with E-state index < -0.39 is 0 Å². The number of benzene rings is 2. The smallest absolute Gasteiger partial charge is 0.203 e. The lowest BCUT2D eigenvalue weighted by atomic mass is 10.1. The Hall–Kier alpha value is -2.66. The summed E-state index contributed by atoms with van der Waals surface area (Å²) in [5, 5.41) is 7.02. The van der Waals surface area contributed by atoms with Crippen LogP contribution in [0.4, 0.5) is 5.13 Å². The molecule has 0 fully saturated rings. The van der Waals surface area contributed by atoms with Gasteiger partial charge in [-0.05, 0) is 29.7 Å². The van der Waals surface area contributed by atoms with Crippen molar-refractivity contribution in [1.29, 1.82) is 0 Å². The van der Waals surface area contributed by atoms with E-state index in [0.29, 0.717) is 0 Å². The first-order valence-corrected chi connectivity index (χ1v) is 8.64. The molecule has 2 aromatic carbocycles. The van der Waals surface area contributed by atoms with Gasteiger partial charge in [0.25, 0.3) is 0 Å². The third kappa shape index (κ3) is 4.00. The van der Waals surface area contributed by atoms with Gasteiger partial charge in [-0.3, -0.25) is 5.43 Å². The highest BCUT2D eigenvalue weighted by atomic mass is 32.1. The van der Waals surface area contributed by atoms with E-state index in [-0.39, 0.29) is 0 Å². The van der Waals surface area contributed by atoms with Gasteiger partial charge in [-0.15, -0.1) is 11.3 Å². The van der Waals surface area contributed by atoms with Crippen LogP contribution in [0, 0.1) is 0 Å². The minimum Gasteiger partial charge on any atom is -0.497 e. The van der Waals surface area contributed by atoms with Gasteiger partial charge in [0.1, 0.15) is 5.75 Å². The molecule has 0 unspecified atom stereocenters. The number of nitrogens with one attached hydrogen (secondary N) is 1. The summed E-state index contributed by atoms with van der Waals surface area (Å²) < 4.78 is 5.25. The first-order chi connectivity index (χ1) is 11.8. The Labute approximate surface area is 145 Å². The molecule has 0 spiro atoms. The zero-order valence-electron chi connectivity index (χ0n) is 13.7. The molecule has 3 rings (SSSR count). The first kappa shape index (κ1) is 16.2. The monoisotopic (exact) mass is 337 g/mol. The summed E-state index contributed by atoms with van der Waals surface area (Å²) in [6.07, 6.45) is 2.84. The molecule has 0 saturated carbocycles. The number of anilines is 1. The molecule has 1 aromatic heterocycles. The van der Waals surface area contributed by atoms with Gasteiger partial charge >= 0.3 is 0 Å². The molecule has 122 valence electrons. The highest BCUT2D eigenvalue weighted by Gasteiger charge is 2.05. The van der Waals surface area contributed by atoms with Crippen LogP contribution in [0.3, 0.4) is 0 Å². The minimum absolute atomic E-state index is 0.759. The molecule has 5 heteroatoms. The second kappa shape index (κ2) is 7.75. The van der Waals surface area contributed by atoms with Gasteiger partial charge in [0.2, 0.25) is 5.13 Å². The van der Waals surface area contributed by atoms with Gasteiger partial charge in [-0.1, -0.05) is 43.3 Å². The largest absolute Gasteiger partial charge is 0.497 e. The number of aromatic nitrogens is 1. The van der Waals surface area contributed by atoms with Crippen LogP contribution in [0.2, 0.25) is 0 Å². The number of thiazole rings is 1. The number of rotatable bonds is 6. The van der Waals surface area contributed by atoms with Crippen molar-refractivity contribution in [3.63, 3.8) is 0 Å². The van der Waals surface area contributed by atoms with Crippen LogP contribution in [-0.2, 0) is 6.42 Å². The lowest BCUT2D eigenvalue weighted by Crippen LogP contribution is -1.91. The van der Waals surface area contributed by atoms with Crippen molar-refractivity contribution in [3.8, 4) is 17.0 Å². The van der Waals surface area contributed by atoms with E-state index in [0.717, 1.165) is 34.1 Å². The lowest BCUT2D eigenvalue weighted by Gasteiger charge is -2.01. The van der Waals surface area contributed by atoms with Crippen molar-refractivity contribution >= 4 is 22.7 Å². The molecular weight excluding hydrogens is 318 g/mol. The number of ether oxygens (including phenoxy) is 1. The van der Waals surface area contributed by atoms with Gasteiger partial charge in [0.05, 0.1) is 19.0 Å². The summed E-state index contributed by atoms with van der Waals surface area (Å²) in [5.41, 5.74) is 7.30. The molecule has 4 nitrogen and oxygen atoms in total. The first-order valence-electron chi connectivity index (χ1n) is 7.76. The van der Waals surface area contributed by atoms with E-state index in [9.17, 15) is 0 Å². The summed E-state index contributed by atoms with van der Waals surface area (Å²) in [5.74, 6) is 0.823. The maximum atomic E-state index is 5.25. The number of hydrazone groups is 1. The Bertz CT molecular complexity index is 825. The van der Waals surface area contributed by atoms with Crippen LogP contribution in [0.5, 0.6) is 5.75 Å². The number of hydrogen-bond acceptors (Lipinski definition) is 5. The Morgan fingerprint density at radius 3 is 2.79 bits per heavy atom. The molecule has 1 heterocycles. The molecule has 0 radical (unpaired) electrons. The third-order valence-electron chi connectivity index (χ3n) is 3.63. The summed E-state index contributed by atoms with van der Waals surface area (Å²) >= 11 is 1.52. The van der Waals surface area contributed by atoms with Crippen molar-refractivity contribution in [2.45, 2.75) is 13.3 Å². The van der Waals surface area contributed by atoms with Crippen molar-refractivity contribution in [2.75, 3.05) is 12.5 Å². The molecule has 0 bridgehead atoms. The van der Waals surface area contributed by atoms with Crippen molar-refractivity contribution in [3.05, 3.63) is 65.0 Å². The van der Waals surface area contributed by atoms with E-state index in [1.54, 1.807) is 13.3 Å². The molecule has 1 N–H and O–H groups in total. The maximum absolute atomic E-state index is 5.25. The van der Waals surface area contributed by atoms with Crippen molar-refractivity contribution < 1.29 is 4.74 Å². The van der Waals surface area contributed by atoms with Crippen molar-refractivity contribution in [1.82, 2.24) is 4.98 Å². The van der Waals surface area contributed by atoms with Gasteiger partial charge in [0, 0.05) is 10.9 Å². The summed E-state index contributed by atoms with van der Waals surface area (Å²) in [6, 6.07) is 16.2. The van der Waals surface area contributed by atoms with E-state index in [4.69, 9.17) is 4.74 Å². The number of nitrogens with zero attached hydrogens (tertiary/aromatic N) is 2. The van der Waals surface area contributed by atoms with Crippen LogP contribution >= 0.6 is 11.3 Å². The van der Waals surface area contributed by atoms with Crippen molar-refractivity contribution in [2.24, 2.45) is 5.10 Å². The van der Waals surface area contributed by atoms with Gasteiger partial charge in [-0.25, -0.2) is 4.98 Å². The number of aryl methyl sites for hydroxylation is 1. The van der Waals surface area contributed by atoms with Gasteiger partial charge in [0.15, 0.2) is 0 Å². The summed E-state index contributed by atoms with van der Waals surface area (Å²) in [7, 11) is 1.66. The summed E-state index contributed by atoms with van der Waals surface area (Å²) in [6.45, 7) is 2.15. The zero-order chi connectivity index (χ0) is 16.8. The molecule has 0 aliphatic carbocycles. The fraction of sp³-hybridized carbons (Fsp3) is 0.158. The third-order valence-corrected chi connectivity index (χ3v) is 4.38. The van der Waals surface area contributed by atoms with E-state index in [1.165, 1.54) is 16.9 Å². The highest BCUT2D eigenvalue weighted by Crippen LogP contribution is 2.27. The van der Waals surface area contributed by atoms with Crippen LogP contribution in [-0.4, -0.2) is 18.3 Å². The molecule has 3 aromatic rings. The average molecular weight is 337 g/mol. The van der Waals surface area contributed by atoms with Gasteiger partial charge < -0.3 is 4.74 Å². The molecule has 0 aliphatic heterocycles. The fourth-order valence-electron chi connectivity index (χ4n) is 2.24. The van der Waals surface area contributed by atoms with E-state index >= 15 is 0 Å². The second-order valence-electron chi connectivity index (χ2n) is 5.23. The van der Waals surface area contributed by atoms with Crippen LogP contribution in [0.1, 0.15) is 18.1 Å². The van der Waals surface area contributed by atoms with Crippen LogP contribution in [0.25, 0.3) is 11.3 Å². The van der Waals surface area contributed by atoms with Crippen LogP contribution in [0.15, 0.2) is 59.0 Å². The molecule has 0 atom stereocenters. The average Bonchev–Trinajstić information content (AvgIpc) is 3.11. The number of methoxy groups -OCH3 is 1. The normalized spacial score (nSPS) is 10.9. The lowest BCUT2D eigenvalue weighted by molar-refractivity contribution is 0.415. The second-order valence-corrected chi connectivity index (χ2v) is 6.09. The topological polar surface area (TPSA) is 46.5 Å². The minimum atomic E-state index is 0.759. The van der Waals surface area contributed by atoms with E-state index in [1.807, 2.05) is 29.6 Å². The standard InChI is InChI=1S/C19H19N3OS/c1-3-14-7-9-15(10-8-14)12-20-22-19-21-18(13-24-19)16-5-4-6-17(11-16)23-2/h4-13H,3H2,1-2H3,(H,21,22)/b20-12-. The summed E-state index contributed by atoms with van der Waals surface area (Å²) in [4.78, 5) is 4.55. The predicted molar refractivity (Wildman–Crippen MR) is 101 cm³/mol. The SMILES string of the molecule is CCc1ccc(/C=N\Nc2nc(-c3cccc(OC)c3)cs2)cc1. The highest BCUT2D eigenvalue weighted by molar-refractivity contribution is 7.14. The Morgan fingerprint density at radius 2 is 2.04 bits per heavy atom. The quantitative estimate of drug-likeness (QED) is 0.518. The fourth-order valence-corrected chi connectivity index (χ4v) is 2.91. The maximum Gasteiger partial charge on any atom is 0.203 e. The van der Waals surface area contributed by atoms with Crippen LogP contribution < -0.4 is 10.2 Å². The number of hydrogen-bond donors (Lipinski definition) is 1. The molecule has 0 amide bonds. The molecule has 0 aliphatic rings. The molecular formula is C19H19N3OS. The Kier molecular flexibility index (Phi) is 5.23. The van der Waals surface area contributed by atoms with Gasteiger partial charge in [-0.2, -0.15) is 5.10 Å². The predicted octanol–water partition coefficient (Wildman–Crippen LogP) is 4.83. The Morgan fingerprint density at radius 1 is 1.21 bits per heavy atom. The molecule has 0 saturated heterocycles. The Balaban J connectivity index is 1.66. The molecule has 24 heavy (non-hydrogen) atoms. The van der Waals surface area contributed by atoms with E-state index in [2.05, 4.69) is 46.7 Å².